The Morgan fingerprint density at radius 2 is 2.07 bits per heavy atom. The summed E-state index contributed by atoms with van der Waals surface area (Å²) in [7, 11) is -1.58. The van der Waals surface area contributed by atoms with Crippen molar-refractivity contribution in [2.45, 2.75) is 37.8 Å². The lowest BCUT2D eigenvalue weighted by atomic mass is 9.72. The molecule has 0 aliphatic carbocycles. The number of nitrogens with zero attached hydrogens (tertiary/aromatic N) is 4. The molecule has 1 aromatic rings. The van der Waals surface area contributed by atoms with Crippen LogP contribution in [0, 0.1) is 11.8 Å². The minimum absolute atomic E-state index is 0.243. The number of ether oxygens (including phenoxy) is 1. The maximum atomic E-state index is 11.7. The highest BCUT2D eigenvalue weighted by molar-refractivity contribution is 7.88. The van der Waals surface area contributed by atoms with Crippen molar-refractivity contribution in [1.29, 1.82) is 0 Å². The van der Waals surface area contributed by atoms with Gasteiger partial charge in [0.25, 0.3) is 0 Å². The van der Waals surface area contributed by atoms with Crippen molar-refractivity contribution in [2.75, 3.05) is 44.4 Å². The zero-order valence-corrected chi connectivity index (χ0v) is 16.9. The fraction of sp³-hybridized carbons (Fsp3) is 0.778. The van der Waals surface area contributed by atoms with Crippen LogP contribution in [0.15, 0.2) is 12.4 Å². The van der Waals surface area contributed by atoms with E-state index in [0.29, 0.717) is 30.3 Å². The summed E-state index contributed by atoms with van der Waals surface area (Å²) < 4.78 is 31.4. The summed E-state index contributed by atoms with van der Waals surface area (Å²) in [6, 6.07) is 2.67. The Balaban J connectivity index is 1.58. The third-order valence-electron chi connectivity index (χ3n) is 6.34. The van der Waals surface area contributed by atoms with Crippen LogP contribution in [-0.4, -0.2) is 74.9 Å². The summed E-state index contributed by atoms with van der Waals surface area (Å²) in [5.74, 6) is 2.49. The fourth-order valence-corrected chi connectivity index (χ4v) is 5.70. The SMILES string of the molecule is COc1cc(N2C[C@H]3C[C@@H](C2)[C@H](CNS(C)(=O)=O)N2CCCC[C@@H]32)ncn1. The third-order valence-corrected chi connectivity index (χ3v) is 7.03. The standard InChI is InChI=1S/C18H29N5O3S/c1-26-18-8-17(19-12-20-18)22-10-13-7-14(11-22)16(9-21-27(2,24)25)23-6-4-3-5-15(13)23/h8,12-16,21H,3-7,9-11H2,1-2H3/t13-,14+,15+,16+/m1/s1. The third kappa shape index (κ3) is 4.05. The van der Waals surface area contributed by atoms with Gasteiger partial charge in [-0.1, -0.05) is 6.42 Å². The molecule has 0 unspecified atom stereocenters. The summed E-state index contributed by atoms with van der Waals surface area (Å²) in [5.41, 5.74) is 0. The molecule has 1 aromatic heterocycles. The highest BCUT2D eigenvalue weighted by atomic mass is 32.2. The maximum Gasteiger partial charge on any atom is 0.218 e. The monoisotopic (exact) mass is 395 g/mol. The van der Waals surface area contributed by atoms with E-state index in [1.165, 1.54) is 25.5 Å². The van der Waals surface area contributed by atoms with Gasteiger partial charge in [0, 0.05) is 37.8 Å². The van der Waals surface area contributed by atoms with Gasteiger partial charge in [-0.2, -0.15) is 0 Å². The molecule has 0 aromatic carbocycles. The summed E-state index contributed by atoms with van der Waals surface area (Å²) in [4.78, 5) is 13.5. The number of anilines is 1. The van der Waals surface area contributed by atoms with Crippen LogP contribution in [0.2, 0.25) is 0 Å². The first-order valence-electron chi connectivity index (χ1n) is 9.76. The number of aromatic nitrogens is 2. The van der Waals surface area contributed by atoms with E-state index in [1.807, 2.05) is 6.07 Å². The minimum Gasteiger partial charge on any atom is -0.481 e. The van der Waals surface area contributed by atoms with E-state index in [1.54, 1.807) is 13.4 Å². The molecule has 150 valence electrons. The van der Waals surface area contributed by atoms with Crippen molar-refractivity contribution >= 4 is 15.8 Å². The average Bonchev–Trinajstić information content (AvgIpc) is 2.67. The molecule has 3 aliphatic heterocycles. The summed E-state index contributed by atoms with van der Waals surface area (Å²) in [6.45, 7) is 3.45. The Morgan fingerprint density at radius 1 is 1.26 bits per heavy atom. The van der Waals surface area contributed by atoms with Crippen LogP contribution in [0.25, 0.3) is 0 Å². The second-order valence-electron chi connectivity index (χ2n) is 8.07. The van der Waals surface area contributed by atoms with E-state index in [2.05, 4.69) is 24.5 Å². The highest BCUT2D eigenvalue weighted by Gasteiger charge is 2.47. The van der Waals surface area contributed by atoms with E-state index in [4.69, 9.17) is 4.74 Å². The van der Waals surface area contributed by atoms with Crippen molar-refractivity contribution in [3.05, 3.63) is 12.4 Å². The molecule has 0 amide bonds. The average molecular weight is 396 g/mol. The van der Waals surface area contributed by atoms with Gasteiger partial charge in [0.2, 0.25) is 15.9 Å². The van der Waals surface area contributed by atoms with Gasteiger partial charge in [-0.15, -0.1) is 0 Å². The van der Waals surface area contributed by atoms with Crippen LogP contribution in [-0.2, 0) is 10.0 Å². The molecule has 0 radical (unpaired) electrons. The highest BCUT2D eigenvalue weighted by Crippen LogP contribution is 2.42. The minimum atomic E-state index is -3.19. The Kier molecular flexibility index (Phi) is 5.26. The first kappa shape index (κ1) is 18.9. The number of hydrogen-bond donors (Lipinski definition) is 1. The van der Waals surface area contributed by atoms with Crippen molar-refractivity contribution in [3.63, 3.8) is 0 Å². The molecule has 0 spiro atoms. The lowest BCUT2D eigenvalue weighted by Gasteiger charge is -2.57. The van der Waals surface area contributed by atoms with E-state index in [0.717, 1.165) is 31.9 Å². The molecule has 3 saturated heterocycles. The van der Waals surface area contributed by atoms with Crippen LogP contribution >= 0.6 is 0 Å². The van der Waals surface area contributed by atoms with Crippen molar-refractivity contribution < 1.29 is 13.2 Å². The lowest BCUT2D eigenvalue weighted by molar-refractivity contribution is -0.0295. The van der Waals surface area contributed by atoms with Gasteiger partial charge in [-0.05, 0) is 37.6 Å². The number of sulfonamides is 1. The Morgan fingerprint density at radius 3 is 2.85 bits per heavy atom. The molecule has 1 N–H and O–H groups in total. The number of fused-ring (bicyclic) bond motifs is 4. The normalized spacial score (nSPS) is 31.4. The van der Waals surface area contributed by atoms with Crippen molar-refractivity contribution in [3.8, 4) is 5.88 Å². The van der Waals surface area contributed by atoms with Crippen LogP contribution < -0.4 is 14.4 Å². The number of piperidine rings is 3. The van der Waals surface area contributed by atoms with Gasteiger partial charge < -0.3 is 9.64 Å². The van der Waals surface area contributed by atoms with Crippen LogP contribution in [0.5, 0.6) is 5.88 Å². The van der Waals surface area contributed by atoms with Crippen LogP contribution in [0.4, 0.5) is 5.82 Å². The van der Waals surface area contributed by atoms with E-state index < -0.39 is 10.0 Å². The molecule has 3 fully saturated rings. The van der Waals surface area contributed by atoms with Gasteiger partial charge in [-0.25, -0.2) is 23.1 Å². The van der Waals surface area contributed by atoms with E-state index in [-0.39, 0.29) is 6.04 Å². The van der Waals surface area contributed by atoms with Crippen molar-refractivity contribution in [1.82, 2.24) is 19.6 Å². The number of hydrogen-bond acceptors (Lipinski definition) is 7. The second-order valence-corrected chi connectivity index (χ2v) is 9.90. The molecule has 8 nitrogen and oxygen atoms in total. The quantitative estimate of drug-likeness (QED) is 0.786. The first-order chi connectivity index (χ1) is 12.9. The molecule has 9 heteroatoms. The van der Waals surface area contributed by atoms with E-state index in [9.17, 15) is 8.42 Å². The van der Waals surface area contributed by atoms with E-state index >= 15 is 0 Å². The summed E-state index contributed by atoms with van der Waals surface area (Å²) in [6.07, 6.45) is 7.62. The molecule has 4 rings (SSSR count). The van der Waals surface area contributed by atoms with Crippen LogP contribution in [0.3, 0.4) is 0 Å². The smallest absolute Gasteiger partial charge is 0.218 e. The van der Waals surface area contributed by atoms with Gasteiger partial charge in [0.15, 0.2) is 0 Å². The molecule has 4 heterocycles. The fourth-order valence-electron chi connectivity index (χ4n) is 5.23. The van der Waals surface area contributed by atoms with Gasteiger partial charge >= 0.3 is 0 Å². The molecule has 2 bridgehead atoms. The Hall–Kier alpha value is -1.45. The predicted octanol–water partition coefficient (Wildman–Crippen LogP) is 0.714. The summed E-state index contributed by atoms with van der Waals surface area (Å²) >= 11 is 0. The first-order valence-corrected chi connectivity index (χ1v) is 11.6. The van der Waals surface area contributed by atoms with Crippen molar-refractivity contribution in [2.24, 2.45) is 11.8 Å². The van der Waals surface area contributed by atoms with Gasteiger partial charge in [-0.3, -0.25) is 4.90 Å². The largest absolute Gasteiger partial charge is 0.481 e. The molecule has 27 heavy (non-hydrogen) atoms. The Bertz CT molecular complexity index is 774. The van der Waals surface area contributed by atoms with Crippen LogP contribution in [0.1, 0.15) is 25.7 Å². The number of nitrogens with one attached hydrogen (secondary N) is 1. The molecule has 3 aliphatic rings. The molecule has 0 saturated carbocycles. The predicted molar refractivity (Wildman–Crippen MR) is 103 cm³/mol. The lowest BCUT2D eigenvalue weighted by Crippen LogP contribution is -2.65. The molecular formula is C18H29N5O3S. The summed E-state index contributed by atoms with van der Waals surface area (Å²) in [5, 5.41) is 0. The molecule has 4 atom stereocenters. The Labute approximate surface area is 161 Å². The number of methoxy groups -OCH3 is 1. The van der Waals surface area contributed by atoms with Gasteiger partial charge in [0.1, 0.15) is 12.1 Å². The number of rotatable bonds is 5. The molecular weight excluding hydrogens is 366 g/mol. The maximum absolute atomic E-state index is 11.7. The zero-order chi connectivity index (χ0) is 19.0. The zero-order valence-electron chi connectivity index (χ0n) is 16.0. The topological polar surface area (TPSA) is 87.7 Å². The second kappa shape index (κ2) is 7.52. The van der Waals surface area contributed by atoms with Gasteiger partial charge in [0.05, 0.1) is 13.4 Å².